The van der Waals surface area contributed by atoms with Crippen LogP contribution in [0, 0.1) is 17.0 Å². The van der Waals surface area contributed by atoms with Gasteiger partial charge in [0.05, 0.1) is 11.0 Å². The minimum absolute atomic E-state index is 0.0683. The Bertz CT molecular complexity index is 474. The Morgan fingerprint density at radius 1 is 1.53 bits per heavy atom. The van der Waals surface area contributed by atoms with Crippen LogP contribution in [-0.4, -0.2) is 28.6 Å². The molecule has 104 valence electrons. The molecular formula is C13H18N2O4. The van der Waals surface area contributed by atoms with Gasteiger partial charge in [0, 0.05) is 23.7 Å². The summed E-state index contributed by atoms with van der Waals surface area (Å²) in [6.07, 6.45) is 0.661. The highest BCUT2D eigenvalue weighted by Gasteiger charge is 2.17. The molecule has 1 aromatic carbocycles. The highest BCUT2D eigenvalue weighted by atomic mass is 16.6. The van der Waals surface area contributed by atoms with Crippen molar-refractivity contribution in [2.45, 2.75) is 32.8 Å². The van der Waals surface area contributed by atoms with Crippen LogP contribution in [0.4, 0.5) is 5.69 Å². The Hall–Kier alpha value is -1.95. The fourth-order valence-corrected chi connectivity index (χ4v) is 1.72. The third kappa shape index (κ3) is 4.03. The van der Waals surface area contributed by atoms with E-state index in [-0.39, 0.29) is 11.6 Å². The molecule has 2 N–H and O–H groups in total. The first-order valence-corrected chi connectivity index (χ1v) is 6.17. The molecule has 0 aliphatic carbocycles. The number of benzene rings is 1. The van der Waals surface area contributed by atoms with Gasteiger partial charge >= 0.3 is 0 Å². The minimum atomic E-state index is -0.507. The molecule has 0 aliphatic rings. The van der Waals surface area contributed by atoms with Crippen LogP contribution in [0.5, 0.6) is 0 Å². The largest absolute Gasteiger partial charge is 0.393 e. The van der Waals surface area contributed by atoms with E-state index in [0.29, 0.717) is 30.5 Å². The van der Waals surface area contributed by atoms with Gasteiger partial charge < -0.3 is 10.4 Å². The molecule has 0 bridgehead atoms. The van der Waals surface area contributed by atoms with Gasteiger partial charge in [0.2, 0.25) is 0 Å². The molecule has 1 atom stereocenters. The summed E-state index contributed by atoms with van der Waals surface area (Å²) in [5, 5.41) is 22.8. The summed E-state index contributed by atoms with van der Waals surface area (Å²) < 4.78 is 0. The maximum atomic E-state index is 11.9. The van der Waals surface area contributed by atoms with E-state index in [0.717, 1.165) is 0 Å². The van der Waals surface area contributed by atoms with Crippen molar-refractivity contribution in [2.24, 2.45) is 0 Å². The topological polar surface area (TPSA) is 92.5 Å². The van der Waals surface area contributed by atoms with Gasteiger partial charge in [-0.2, -0.15) is 0 Å². The van der Waals surface area contributed by atoms with Crippen LogP contribution >= 0.6 is 0 Å². The Labute approximate surface area is 111 Å². The predicted octanol–water partition coefficient (Wildman–Crippen LogP) is 1.79. The van der Waals surface area contributed by atoms with Crippen molar-refractivity contribution in [2.75, 3.05) is 6.54 Å². The normalized spacial score (nSPS) is 11.9. The van der Waals surface area contributed by atoms with Gasteiger partial charge in [-0.3, -0.25) is 14.9 Å². The van der Waals surface area contributed by atoms with E-state index in [9.17, 15) is 20.0 Å². The zero-order chi connectivity index (χ0) is 14.4. The summed E-state index contributed by atoms with van der Waals surface area (Å²) >= 11 is 0. The summed E-state index contributed by atoms with van der Waals surface area (Å²) in [6.45, 7) is 3.75. The summed E-state index contributed by atoms with van der Waals surface area (Å²) in [5.74, 6) is -0.357. The molecule has 19 heavy (non-hydrogen) atoms. The second-order valence-corrected chi connectivity index (χ2v) is 4.31. The van der Waals surface area contributed by atoms with Crippen LogP contribution in [0.1, 0.15) is 35.7 Å². The van der Waals surface area contributed by atoms with Crippen LogP contribution in [0.2, 0.25) is 0 Å². The monoisotopic (exact) mass is 266 g/mol. The fourth-order valence-electron chi connectivity index (χ4n) is 1.72. The van der Waals surface area contributed by atoms with Crippen molar-refractivity contribution in [1.82, 2.24) is 5.32 Å². The lowest BCUT2D eigenvalue weighted by atomic mass is 10.1. The molecule has 0 aliphatic heterocycles. The molecule has 1 rings (SSSR count). The van der Waals surface area contributed by atoms with Crippen LogP contribution in [0.3, 0.4) is 0 Å². The Morgan fingerprint density at radius 3 is 2.79 bits per heavy atom. The smallest absolute Gasteiger partial charge is 0.273 e. The first kappa shape index (κ1) is 15.1. The first-order chi connectivity index (χ1) is 8.97. The zero-order valence-corrected chi connectivity index (χ0v) is 11.0. The molecule has 6 heteroatoms. The maximum absolute atomic E-state index is 11.9. The number of nitrogens with one attached hydrogen (secondary N) is 1. The lowest BCUT2D eigenvalue weighted by Crippen LogP contribution is -2.27. The molecular weight excluding hydrogens is 248 g/mol. The van der Waals surface area contributed by atoms with Gasteiger partial charge in [0.25, 0.3) is 11.6 Å². The molecule has 0 spiro atoms. The molecule has 1 unspecified atom stereocenters. The summed E-state index contributed by atoms with van der Waals surface area (Å²) in [6, 6.07) is 4.40. The van der Waals surface area contributed by atoms with Crippen LogP contribution < -0.4 is 5.32 Å². The van der Waals surface area contributed by atoms with E-state index >= 15 is 0 Å². The summed E-state index contributed by atoms with van der Waals surface area (Å²) in [5.41, 5.74) is 0.572. The van der Waals surface area contributed by atoms with Crippen LogP contribution in [0.25, 0.3) is 0 Å². The molecule has 0 aromatic heterocycles. The number of carbonyl (C=O) groups is 1. The molecule has 0 saturated heterocycles. The van der Waals surface area contributed by atoms with Gasteiger partial charge in [-0.25, -0.2) is 0 Å². The number of carbonyl (C=O) groups excluding carboxylic acids is 1. The number of hydrogen-bond acceptors (Lipinski definition) is 4. The van der Waals surface area contributed by atoms with Crippen molar-refractivity contribution in [1.29, 1.82) is 0 Å². The maximum Gasteiger partial charge on any atom is 0.273 e. The molecule has 0 saturated carbocycles. The van der Waals surface area contributed by atoms with Gasteiger partial charge in [-0.1, -0.05) is 13.0 Å². The molecule has 0 heterocycles. The Balaban J connectivity index is 2.72. The number of nitro groups is 1. The summed E-state index contributed by atoms with van der Waals surface area (Å²) in [4.78, 5) is 22.2. The number of nitro benzene ring substituents is 1. The highest BCUT2D eigenvalue weighted by Crippen LogP contribution is 2.20. The predicted molar refractivity (Wildman–Crippen MR) is 71.1 cm³/mol. The highest BCUT2D eigenvalue weighted by molar-refractivity contribution is 5.96. The number of hydrogen-bond donors (Lipinski definition) is 2. The number of nitrogens with zero attached hydrogens (tertiary/aromatic N) is 1. The van der Waals surface area contributed by atoms with Crippen LogP contribution in [0.15, 0.2) is 18.2 Å². The van der Waals surface area contributed by atoms with Gasteiger partial charge in [0.1, 0.15) is 0 Å². The van der Waals surface area contributed by atoms with Crippen molar-refractivity contribution < 1.29 is 14.8 Å². The average Bonchev–Trinajstić information content (AvgIpc) is 2.38. The Morgan fingerprint density at radius 2 is 2.21 bits per heavy atom. The van der Waals surface area contributed by atoms with E-state index < -0.39 is 11.0 Å². The molecule has 1 amide bonds. The third-order valence-electron chi connectivity index (χ3n) is 2.98. The molecule has 0 fully saturated rings. The Kier molecular flexibility index (Phi) is 5.44. The number of amides is 1. The van der Waals surface area contributed by atoms with E-state index in [4.69, 9.17) is 0 Å². The number of rotatable bonds is 6. The van der Waals surface area contributed by atoms with E-state index in [2.05, 4.69) is 5.32 Å². The van der Waals surface area contributed by atoms with E-state index in [1.54, 1.807) is 13.0 Å². The minimum Gasteiger partial charge on any atom is -0.393 e. The van der Waals surface area contributed by atoms with Crippen molar-refractivity contribution in [3.05, 3.63) is 39.4 Å². The standard InChI is InChI=1S/C13H18N2O4/c1-3-10(16)7-8-14-13(17)11-5-4-6-12(9(11)2)15(18)19/h4-6,10,16H,3,7-8H2,1-2H3,(H,14,17). The molecule has 1 aromatic rings. The van der Waals surface area contributed by atoms with E-state index in [1.807, 2.05) is 6.92 Å². The van der Waals surface area contributed by atoms with Crippen molar-refractivity contribution in [3.8, 4) is 0 Å². The van der Waals surface area contributed by atoms with Crippen LogP contribution in [-0.2, 0) is 0 Å². The van der Waals surface area contributed by atoms with Gasteiger partial charge in [-0.15, -0.1) is 0 Å². The SMILES string of the molecule is CCC(O)CCNC(=O)c1cccc([N+](=O)[O-])c1C. The third-order valence-corrected chi connectivity index (χ3v) is 2.98. The average molecular weight is 266 g/mol. The second kappa shape index (κ2) is 6.84. The van der Waals surface area contributed by atoms with Crippen molar-refractivity contribution in [3.63, 3.8) is 0 Å². The molecule has 6 nitrogen and oxygen atoms in total. The fraction of sp³-hybridized carbons (Fsp3) is 0.462. The van der Waals surface area contributed by atoms with E-state index in [1.165, 1.54) is 12.1 Å². The lowest BCUT2D eigenvalue weighted by molar-refractivity contribution is -0.385. The summed E-state index contributed by atoms with van der Waals surface area (Å²) in [7, 11) is 0. The molecule has 0 radical (unpaired) electrons. The second-order valence-electron chi connectivity index (χ2n) is 4.31. The quantitative estimate of drug-likeness (QED) is 0.606. The first-order valence-electron chi connectivity index (χ1n) is 6.17. The van der Waals surface area contributed by atoms with Gasteiger partial charge in [0.15, 0.2) is 0 Å². The van der Waals surface area contributed by atoms with Gasteiger partial charge in [-0.05, 0) is 25.8 Å². The number of aliphatic hydroxyl groups is 1. The number of aliphatic hydroxyl groups excluding tert-OH is 1. The van der Waals surface area contributed by atoms with Crippen molar-refractivity contribution >= 4 is 11.6 Å². The zero-order valence-electron chi connectivity index (χ0n) is 11.0. The lowest BCUT2D eigenvalue weighted by Gasteiger charge is -2.10.